The molecule has 3 aromatic rings. The van der Waals surface area contributed by atoms with Crippen LogP contribution in [0.2, 0.25) is 10.0 Å². The Morgan fingerprint density at radius 2 is 1.73 bits per heavy atom. The Morgan fingerprint density at radius 3 is 2.48 bits per heavy atom. The third-order valence-electron chi connectivity index (χ3n) is 5.77. The molecule has 1 aliphatic carbocycles. The van der Waals surface area contributed by atoms with E-state index in [0.717, 1.165) is 29.1 Å². The Kier molecular flexibility index (Phi) is 7.39. The van der Waals surface area contributed by atoms with E-state index in [2.05, 4.69) is 11.4 Å². The maximum absolute atomic E-state index is 13.4. The molecule has 33 heavy (non-hydrogen) atoms. The lowest BCUT2D eigenvalue weighted by Crippen LogP contribution is -2.42. The van der Waals surface area contributed by atoms with Crippen molar-refractivity contribution in [3.8, 4) is 0 Å². The predicted molar refractivity (Wildman–Crippen MR) is 131 cm³/mol. The second kappa shape index (κ2) is 10.3. The number of halogens is 2. The molecule has 1 N–H and O–H groups in total. The van der Waals surface area contributed by atoms with Crippen molar-refractivity contribution in [2.24, 2.45) is 0 Å². The van der Waals surface area contributed by atoms with E-state index in [1.165, 1.54) is 17.7 Å². The summed E-state index contributed by atoms with van der Waals surface area (Å²) in [6.45, 7) is -0.378. The van der Waals surface area contributed by atoms with E-state index in [1.54, 1.807) is 36.4 Å². The number of carbonyl (C=O) groups is 1. The Balaban J connectivity index is 1.59. The second-order valence-corrected chi connectivity index (χ2v) is 10.8. The first-order valence-corrected chi connectivity index (χ1v) is 12.9. The van der Waals surface area contributed by atoms with Gasteiger partial charge in [-0.05, 0) is 60.2 Å². The molecule has 0 spiro atoms. The summed E-state index contributed by atoms with van der Waals surface area (Å²) < 4.78 is 28.0. The van der Waals surface area contributed by atoms with Gasteiger partial charge in [0.05, 0.1) is 17.5 Å². The van der Waals surface area contributed by atoms with Crippen LogP contribution in [0.1, 0.15) is 35.6 Å². The highest BCUT2D eigenvalue weighted by Gasteiger charge is 2.29. The maximum atomic E-state index is 13.4. The zero-order valence-electron chi connectivity index (χ0n) is 17.9. The molecule has 172 valence electrons. The summed E-state index contributed by atoms with van der Waals surface area (Å²) in [6, 6.07) is 20.9. The molecule has 1 amide bonds. The molecule has 4 rings (SSSR count). The van der Waals surface area contributed by atoms with E-state index >= 15 is 0 Å². The third-order valence-corrected chi connectivity index (χ3v) is 8.16. The normalized spacial score (nSPS) is 15.8. The minimum absolute atomic E-state index is 0.0537. The number of fused-ring (bicyclic) bond motifs is 1. The van der Waals surface area contributed by atoms with E-state index < -0.39 is 10.0 Å². The first-order valence-electron chi connectivity index (χ1n) is 10.7. The molecule has 0 aliphatic heterocycles. The molecule has 0 radical (unpaired) electrons. The second-order valence-electron chi connectivity index (χ2n) is 8.03. The molecule has 0 saturated heterocycles. The van der Waals surface area contributed by atoms with Gasteiger partial charge in [0.15, 0.2) is 0 Å². The van der Waals surface area contributed by atoms with E-state index in [9.17, 15) is 13.2 Å². The molecule has 0 aromatic heterocycles. The van der Waals surface area contributed by atoms with Gasteiger partial charge >= 0.3 is 0 Å². The number of amides is 1. The van der Waals surface area contributed by atoms with Crippen molar-refractivity contribution in [3.63, 3.8) is 0 Å². The smallest absolute Gasteiger partial charge is 0.243 e. The lowest BCUT2D eigenvalue weighted by atomic mass is 9.88. The van der Waals surface area contributed by atoms with Crippen molar-refractivity contribution >= 4 is 39.1 Å². The van der Waals surface area contributed by atoms with E-state index in [1.807, 2.05) is 18.2 Å². The number of benzene rings is 3. The fourth-order valence-electron chi connectivity index (χ4n) is 4.11. The zero-order valence-corrected chi connectivity index (χ0v) is 20.2. The maximum Gasteiger partial charge on any atom is 0.243 e. The van der Waals surface area contributed by atoms with Crippen LogP contribution in [-0.4, -0.2) is 25.2 Å². The van der Waals surface area contributed by atoms with Gasteiger partial charge in [-0.2, -0.15) is 4.31 Å². The van der Waals surface area contributed by atoms with E-state index in [-0.39, 0.29) is 29.9 Å². The zero-order chi connectivity index (χ0) is 23.4. The summed E-state index contributed by atoms with van der Waals surface area (Å²) in [5, 5.41) is 3.84. The van der Waals surface area contributed by atoms with Crippen LogP contribution in [0.4, 0.5) is 0 Å². The first-order chi connectivity index (χ1) is 15.8. The van der Waals surface area contributed by atoms with Crippen LogP contribution in [0.15, 0.2) is 77.7 Å². The minimum atomic E-state index is -3.94. The largest absolute Gasteiger partial charge is 0.348 e. The molecule has 1 aliphatic rings. The summed E-state index contributed by atoms with van der Waals surface area (Å²) in [5.74, 6) is -0.360. The predicted octanol–water partition coefficient (Wildman–Crippen LogP) is 5.38. The van der Waals surface area contributed by atoms with Crippen molar-refractivity contribution in [3.05, 3.63) is 99.5 Å². The lowest BCUT2D eigenvalue weighted by molar-refractivity contribution is -0.122. The number of carbonyl (C=O) groups excluding carboxylic acids is 1. The van der Waals surface area contributed by atoms with Crippen molar-refractivity contribution < 1.29 is 13.2 Å². The molecule has 0 unspecified atom stereocenters. The van der Waals surface area contributed by atoms with E-state index in [0.29, 0.717) is 15.6 Å². The Morgan fingerprint density at radius 1 is 1.00 bits per heavy atom. The van der Waals surface area contributed by atoms with Crippen LogP contribution in [0.25, 0.3) is 0 Å². The molecule has 0 bridgehead atoms. The number of nitrogens with one attached hydrogen (secondary N) is 1. The average Bonchev–Trinajstić information content (AvgIpc) is 2.81. The molecule has 8 heteroatoms. The highest BCUT2D eigenvalue weighted by atomic mass is 35.5. The van der Waals surface area contributed by atoms with Gasteiger partial charge in [0.25, 0.3) is 0 Å². The quantitative estimate of drug-likeness (QED) is 0.471. The summed E-state index contributed by atoms with van der Waals surface area (Å²) in [7, 11) is -3.94. The molecule has 3 aromatic carbocycles. The van der Waals surface area contributed by atoms with Gasteiger partial charge in [0.1, 0.15) is 0 Å². The number of hydrogen-bond acceptors (Lipinski definition) is 3. The van der Waals surface area contributed by atoms with Crippen LogP contribution < -0.4 is 5.32 Å². The highest BCUT2D eigenvalue weighted by Crippen LogP contribution is 2.30. The Bertz CT molecular complexity index is 1250. The lowest BCUT2D eigenvalue weighted by Gasteiger charge is -2.28. The van der Waals surface area contributed by atoms with Crippen LogP contribution in [-0.2, 0) is 27.8 Å². The molecule has 0 fully saturated rings. The number of rotatable bonds is 7. The number of aryl methyl sites for hydroxylation is 1. The van der Waals surface area contributed by atoms with Gasteiger partial charge < -0.3 is 5.32 Å². The summed E-state index contributed by atoms with van der Waals surface area (Å²) in [4.78, 5) is 13.2. The van der Waals surface area contributed by atoms with E-state index in [4.69, 9.17) is 23.2 Å². The number of sulfonamides is 1. The van der Waals surface area contributed by atoms with Gasteiger partial charge in [-0.15, -0.1) is 0 Å². The van der Waals surface area contributed by atoms with Gasteiger partial charge in [-0.1, -0.05) is 71.7 Å². The monoisotopic (exact) mass is 502 g/mol. The molecular formula is C25H24Cl2N2O3S. The minimum Gasteiger partial charge on any atom is -0.348 e. The van der Waals surface area contributed by atoms with Crippen molar-refractivity contribution in [2.45, 2.75) is 36.7 Å². The molecule has 1 atom stereocenters. The Labute approximate surface area is 204 Å². The standard InChI is InChI=1S/C25H24Cl2N2O3S/c26-20-14-13-19(23(27)15-20)16-29(33(31,32)21-9-2-1-3-10-21)17-25(30)28-24-12-6-8-18-7-4-5-11-22(18)24/h1-5,7,9-11,13-15,24H,6,8,12,16-17H2,(H,28,30)/t24-/m0/s1. The highest BCUT2D eigenvalue weighted by molar-refractivity contribution is 7.89. The number of hydrogen-bond donors (Lipinski definition) is 1. The molecule has 0 heterocycles. The third kappa shape index (κ3) is 5.58. The summed E-state index contributed by atoms with van der Waals surface area (Å²) in [5.41, 5.74) is 2.88. The van der Waals surface area contributed by atoms with Gasteiger partial charge in [0.2, 0.25) is 15.9 Å². The summed E-state index contributed by atoms with van der Waals surface area (Å²) >= 11 is 12.3. The SMILES string of the molecule is O=C(CN(Cc1ccc(Cl)cc1Cl)S(=O)(=O)c1ccccc1)N[C@H]1CCCc2ccccc21. The molecular weight excluding hydrogens is 479 g/mol. The molecule has 5 nitrogen and oxygen atoms in total. The van der Waals surface area contributed by atoms with Crippen molar-refractivity contribution in [1.82, 2.24) is 9.62 Å². The summed E-state index contributed by atoms with van der Waals surface area (Å²) in [6.07, 6.45) is 2.76. The van der Waals surface area contributed by atoms with Gasteiger partial charge in [-0.3, -0.25) is 4.79 Å². The average molecular weight is 503 g/mol. The van der Waals surface area contributed by atoms with Crippen LogP contribution in [0, 0.1) is 0 Å². The number of nitrogens with zero attached hydrogens (tertiary/aromatic N) is 1. The van der Waals surface area contributed by atoms with Crippen LogP contribution in [0.3, 0.4) is 0 Å². The van der Waals surface area contributed by atoms with Crippen LogP contribution >= 0.6 is 23.2 Å². The molecule has 0 saturated carbocycles. The fourth-order valence-corrected chi connectivity index (χ4v) is 5.98. The fraction of sp³-hybridized carbons (Fsp3) is 0.240. The topological polar surface area (TPSA) is 66.5 Å². The van der Waals surface area contributed by atoms with Gasteiger partial charge in [0, 0.05) is 16.6 Å². The van der Waals surface area contributed by atoms with Crippen molar-refractivity contribution in [1.29, 1.82) is 0 Å². The Hall–Kier alpha value is -2.38. The van der Waals surface area contributed by atoms with Gasteiger partial charge in [-0.25, -0.2) is 8.42 Å². The van der Waals surface area contributed by atoms with Crippen LogP contribution in [0.5, 0.6) is 0 Å². The first kappa shape index (κ1) is 23.8. The van der Waals surface area contributed by atoms with Crippen molar-refractivity contribution in [2.75, 3.05) is 6.54 Å².